The van der Waals surface area contributed by atoms with Crippen LogP contribution in [0.4, 0.5) is 0 Å². The van der Waals surface area contributed by atoms with Crippen LogP contribution in [0.3, 0.4) is 0 Å². The molecule has 0 amide bonds. The summed E-state index contributed by atoms with van der Waals surface area (Å²) in [5.74, 6) is 0. The predicted molar refractivity (Wildman–Crippen MR) is 84.3 cm³/mol. The van der Waals surface area contributed by atoms with Crippen LogP contribution in [0, 0.1) is 0 Å². The SMILES string of the molecule is C=C/C=C\C=C/C/C(N)=C/C(=NC)c1ccccc1. The third-order valence-electron chi connectivity index (χ3n) is 2.48. The van der Waals surface area contributed by atoms with Crippen LogP contribution in [-0.2, 0) is 0 Å². The van der Waals surface area contributed by atoms with Gasteiger partial charge >= 0.3 is 0 Å². The van der Waals surface area contributed by atoms with Crippen molar-refractivity contribution < 1.29 is 0 Å². The normalized spacial score (nSPS) is 13.3. The van der Waals surface area contributed by atoms with E-state index in [1.165, 1.54) is 0 Å². The number of nitrogens with two attached hydrogens (primary N) is 1. The maximum absolute atomic E-state index is 5.99. The molecule has 98 valence electrons. The smallest absolute Gasteiger partial charge is 0.0660 e. The van der Waals surface area contributed by atoms with Gasteiger partial charge in [-0.2, -0.15) is 0 Å². The molecule has 0 fully saturated rings. The highest BCUT2D eigenvalue weighted by Gasteiger charge is 1.98. The van der Waals surface area contributed by atoms with Gasteiger partial charge in [-0.05, 0) is 11.6 Å². The molecule has 0 aromatic heterocycles. The van der Waals surface area contributed by atoms with E-state index in [1.807, 2.05) is 60.7 Å². The van der Waals surface area contributed by atoms with Crippen molar-refractivity contribution in [2.45, 2.75) is 6.42 Å². The minimum absolute atomic E-state index is 0.702. The largest absolute Gasteiger partial charge is 0.402 e. The van der Waals surface area contributed by atoms with E-state index in [1.54, 1.807) is 13.1 Å². The van der Waals surface area contributed by atoms with Crippen molar-refractivity contribution in [3.05, 3.63) is 84.6 Å². The van der Waals surface area contributed by atoms with Gasteiger partial charge < -0.3 is 5.73 Å². The Balaban J connectivity index is 2.69. The second-order valence-electron chi connectivity index (χ2n) is 3.95. The number of nitrogens with zero attached hydrogens (tertiary/aromatic N) is 1. The molecule has 2 N–H and O–H groups in total. The van der Waals surface area contributed by atoms with Crippen molar-refractivity contribution in [1.82, 2.24) is 0 Å². The fourth-order valence-corrected chi connectivity index (χ4v) is 1.55. The van der Waals surface area contributed by atoms with Gasteiger partial charge in [0.05, 0.1) is 5.71 Å². The van der Waals surface area contributed by atoms with Crippen molar-refractivity contribution >= 4 is 5.71 Å². The van der Waals surface area contributed by atoms with Crippen molar-refractivity contribution in [3.8, 4) is 0 Å². The van der Waals surface area contributed by atoms with Gasteiger partial charge in [0.15, 0.2) is 0 Å². The van der Waals surface area contributed by atoms with Crippen LogP contribution >= 0.6 is 0 Å². The maximum Gasteiger partial charge on any atom is 0.0660 e. The van der Waals surface area contributed by atoms with E-state index in [0.717, 1.165) is 17.0 Å². The number of allylic oxidation sites excluding steroid dienone is 6. The molecule has 0 aliphatic carbocycles. The minimum atomic E-state index is 0.702. The molecule has 0 aliphatic rings. The van der Waals surface area contributed by atoms with Gasteiger partial charge in [0.25, 0.3) is 0 Å². The summed E-state index contributed by atoms with van der Waals surface area (Å²) in [6, 6.07) is 10.0. The van der Waals surface area contributed by atoms with Gasteiger partial charge in [-0.15, -0.1) is 0 Å². The number of aliphatic imine (C=N–C) groups is 1. The maximum atomic E-state index is 5.99. The van der Waals surface area contributed by atoms with Gasteiger partial charge in [-0.3, -0.25) is 4.99 Å². The molecule has 0 saturated carbocycles. The lowest BCUT2D eigenvalue weighted by molar-refractivity contribution is 1.17. The van der Waals surface area contributed by atoms with Crippen LogP contribution in [0.2, 0.25) is 0 Å². The Labute approximate surface area is 115 Å². The first kappa shape index (κ1) is 14.7. The van der Waals surface area contributed by atoms with E-state index >= 15 is 0 Å². The van der Waals surface area contributed by atoms with E-state index in [2.05, 4.69) is 11.6 Å². The fourth-order valence-electron chi connectivity index (χ4n) is 1.55. The van der Waals surface area contributed by atoms with Crippen LogP contribution in [0.15, 0.2) is 84.1 Å². The first-order valence-electron chi connectivity index (χ1n) is 6.20. The first-order chi connectivity index (χ1) is 9.27. The number of benzene rings is 1. The van der Waals surface area contributed by atoms with Crippen LogP contribution in [0.1, 0.15) is 12.0 Å². The summed E-state index contributed by atoms with van der Waals surface area (Å²) in [7, 11) is 1.77. The van der Waals surface area contributed by atoms with Crippen LogP contribution in [0.5, 0.6) is 0 Å². The molecule has 0 radical (unpaired) electrons. The number of rotatable bonds is 6. The Bertz CT molecular complexity index is 505. The summed E-state index contributed by atoms with van der Waals surface area (Å²) in [6.07, 6.45) is 12.1. The Morgan fingerprint density at radius 3 is 2.58 bits per heavy atom. The van der Waals surface area contributed by atoms with Crippen molar-refractivity contribution in [3.63, 3.8) is 0 Å². The molecule has 0 heterocycles. The summed E-state index contributed by atoms with van der Waals surface area (Å²) in [5, 5.41) is 0. The van der Waals surface area contributed by atoms with E-state index in [0.29, 0.717) is 6.42 Å². The van der Waals surface area contributed by atoms with Gasteiger partial charge in [0.1, 0.15) is 0 Å². The zero-order valence-corrected chi connectivity index (χ0v) is 11.3. The monoisotopic (exact) mass is 252 g/mol. The summed E-state index contributed by atoms with van der Waals surface area (Å²) >= 11 is 0. The molecular formula is C17H20N2. The minimum Gasteiger partial charge on any atom is -0.402 e. The molecule has 1 aromatic carbocycles. The molecule has 0 aliphatic heterocycles. The summed E-state index contributed by atoms with van der Waals surface area (Å²) in [6.45, 7) is 3.60. The van der Waals surface area contributed by atoms with Crippen LogP contribution in [0.25, 0.3) is 0 Å². The average Bonchev–Trinajstić information content (AvgIpc) is 2.45. The van der Waals surface area contributed by atoms with Crippen molar-refractivity contribution in [1.29, 1.82) is 0 Å². The molecule has 2 nitrogen and oxygen atoms in total. The predicted octanol–water partition coefficient (Wildman–Crippen LogP) is 3.64. The second-order valence-corrected chi connectivity index (χ2v) is 3.95. The topological polar surface area (TPSA) is 38.4 Å². The summed E-state index contributed by atoms with van der Waals surface area (Å²) in [4.78, 5) is 4.26. The van der Waals surface area contributed by atoms with Crippen molar-refractivity contribution in [2.75, 3.05) is 7.05 Å². The molecule has 1 aromatic rings. The Kier molecular flexibility index (Phi) is 6.73. The highest BCUT2D eigenvalue weighted by atomic mass is 14.7. The molecule has 2 heteroatoms. The van der Waals surface area contributed by atoms with Gasteiger partial charge in [0, 0.05) is 19.2 Å². The lowest BCUT2D eigenvalue weighted by Crippen LogP contribution is -2.03. The van der Waals surface area contributed by atoms with Gasteiger partial charge in [-0.1, -0.05) is 67.3 Å². The van der Waals surface area contributed by atoms with Gasteiger partial charge in [-0.25, -0.2) is 0 Å². The zero-order chi connectivity index (χ0) is 13.9. The molecule has 0 unspecified atom stereocenters. The first-order valence-corrected chi connectivity index (χ1v) is 6.20. The molecule has 0 bridgehead atoms. The molecule has 0 spiro atoms. The van der Waals surface area contributed by atoms with Crippen LogP contribution in [-0.4, -0.2) is 12.8 Å². The number of hydrogen-bond donors (Lipinski definition) is 1. The van der Waals surface area contributed by atoms with Crippen molar-refractivity contribution in [2.24, 2.45) is 10.7 Å². The fraction of sp³-hybridized carbons (Fsp3) is 0.118. The van der Waals surface area contributed by atoms with E-state index in [4.69, 9.17) is 5.73 Å². The lowest BCUT2D eigenvalue weighted by Gasteiger charge is -2.02. The van der Waals surface area contributed by atoms with Crippen LogP contribution < -0.4 is 5.73 Å². The van der Waals surface area contributed by atoms with Gasteiger partial charge in [0.2, 0.25) is 0 Å². The number of hydrogen-bond acceptors (Lipinski definition) is 2. The highest BCUT2D eigenvalue weighted by Crippen LogP contribution is 2.05. The highest BCUT2D eigenvalue weighted by molar-refractivity contribution is 6.08. The summed E-state index contributed by atoms with van der Waals surface area (Å²) < 4.78 is 0. The standard InChI is InChI=1S/C17H20N2/c1-3-4-5-6-10-13-16(18)14-17(19-2)15-11-8-7-9-12-15/h3-12,14H,1,13,18H2,2H3/b5-4-,10-6-,16-14-,19-17?. The molecule has 1 rings (SSSR count). The second kappa shape index (κ2) is 8.70. The van der Waals surface area contributed by atoms with E-state index in [9.17, 15) is 0 Å². The molecule has 0 atom stereocenters. The van der Waals surface area contributed by atoms with E-state index in [-0.39, 0.29) is 0 Å². The quantitative estimate of drug-likeness (QED) is 0.609. The molecule has 0 saturated heterocycles. The average molecular weight is 252 g/mol. The van der Waals surface area contributed by atoms with E-state index < -0.39 is 0 Å². The Hall–Kier alpha value is -2.35. The zero-order valence-electron chi connectivity index (χ0n) is 11.3. The third-order valence-corrected chi connectivity index (χ3v) is 2.48. The molecular weight excluding hydrogens is 232 g/mol. The molecule has 19 heavy (non-hydrogen) atoms. The Morgan fingerprint density at radius 2 is 1.95 bits per heavy atom. The lowest BCUT2D eigenvalue weighted by atomic mass is 10.1. The Morgan fingerprint density at radius 1 is 1.21 bits per heavy atom. The third kappa shape index (κ3) is 5.68. The summed E-state index contributed by atoms with van der Waals surface area (Å²) in [5.41, 5.74) is 8.74.